The van der Waals surface area contributed by atoms with E-state index in [9.17, 15) is 0 Å². The molecule has 1 heteroatoms. The number of hydrogen-bond acceptors (Lipinski definition) is 0. The SMILES string of the molecule is c1ccc([C@@H]2CCCP2c2ccccc2)cc1. The molecule has 17 heavy (non-hydrogen) atoms. The molecule has 0 aromatic heterocycles. The molecule has 1 fully saturated rings. The van der Waals surface area contributed by atoms with E-state index in [4.69, 9.17) is 0 Å². The fourth-order valence-corrected chi connectivity index (χ4v) is 5.75. The van der Waals surface area contributed by atoms with Crippen molar-refractivity contribution in [3.63, 3.8) is 0 Å². The smallest absolute Gasteiger partial charge is 0.00820 e. The molecule has 0 bridgehead atoms. The zero-order chi connectivity index (χ0) is 11.5. The van der Waals surface area contributed by atoms with Gasteiger partial charge in [-0.05, 0) is 29.9 Å². The number of benzene rings is 2. The molecular weight excluding hydrogens is 223 g/mol. The topological polar surface area (TPSA) is 0 Å². The van der Waals surface area contributed by atoms with Gasteiger partial charge in [0.15, 0.2) is 0 Å². The maximum absolute atomic E-state index is 2.31. The van der Waals surface area contributed by atoms with Crippen LogP contribution >= 0.6 is 7.92 Å². The van der Waals surface area contributed by atoms with E-state index >= 15 is 0 Å². The van der Waals surface area contributed by atoms with Gasteiger partial charge >= 0.3 is 0 Å². The summed E-state index contributed by atoms with van der Waals surface area (Å²) in [4.78, 5) is 0. The van der Waals surface area contributed by atoms with Crippen LogP contribution in [0.1, 0.15) is 24.1 Å². The molecule has 0 amide bonds. The molecule has 1 heterocycles. The minimum Gasteiger partial charge on any atom is -0.0677 e. The summed E-state index contributed by atoms with van der Waals surface area (Å²) in [6.45, 7) is 0. The highest BCUT2D eigenvalue weighted by Gasteiger charge is 2.28. The molecule has 86 valence electrons. The lowest BCUT2D eigenvalue weighted by Gasteiger charge is -2.21. The molecule has 1 aliphatic rings. The highest BCUT2D eigenvalue weighted by atomic mass is 31.1. The largest absolute Gasteiger partial charge is 0.0677 e. The van der Waals surface area contributed by atoms with E-state index in [1.807, 2.05) is 0 Å². The second-order valence-electron chi connectivity index (χ2n) is 4.60. The summed E-state index contributed by atoms with van der Waals surface area (Å²) in [5, 5.41) is 1.58. The van der Waals surface area contributed by atoms with E-state index in [2.05, 4.69) is 60.7 Å². The fraction of sp³-hybridized carbons (Fsp3) is 0.250. The van der Waals surface area contributed by atoms with Gasteiger partial charge in [-0.25, -0.2) is 0 Å². The number of hydrogen-bond donors (Lipinski definition) is 0. The third-order valence-electron chi connectivity index (χ3n) is 3.52. The molecule has 2 aromatic carbocycles. The van der Waals surface area contributed by atoms with Crippen molar-refractivity contribution in [2.24, 2.45) is 0 Å². The van der Waals surface area contributed by atoms with Gasteiger partial charge in [-0.2, -0.15) is 0 Å². The molecule has 0 aliphatic carbocycles. The summed E-state index contributed by atoms with van der Waals surface area (Å²) in [5.41, 5.74) is 2.33. The molecule has 0 radical (unpaired) electrons. The van der Waals surface area contributed by atoms with Crippen molar-refractivity contribution in [2.45, 2.75) is 18.5 Å². The van der Waals surface area contributed by atoms with Crippen LogP contribution in [0.4, 0.5) is 0 Å². The zero-order valence-corrected chi connectivity index (χ0v) is 10.8. The third-order valence-corrected chi connectivity index (χ3v) is 6.59. The van der Waals surface area contributed by atoms with Gasteiger partial charge in [0, 0.05) is 5.66 Å². The molecule has 0 spiro atoms. The van der Waals surface area contributed by atoms with Gasteiger partial charge in [-0.3, -0.25) is 0 Å². The third kappa shape index (κ3) is 2.28. The first-order chi connectivity index (χ1) is 8.45. The summed E-state index contributed by atoms with van der Waals surface area (Å²) in [7, 11) is 0.0201. The maximum atomic E-state index is 2.31. The first kappa shape index (κ1) is 11.0. The van der Waals surface area contributed by atoms with Crippen LogP contribution in [0.5, 0.6) is 0 Å². The Morgan fingerprint density at radius 1 is 0.824 bits per heavy atom. The monoisotopic (exact) mass is 240 g/mol. The zero-order valence-electron chi connectivity index (χ0n) is 9.92. The average molecular weight is 240 g/mol. The minimum absolute atomic E-state index is 0.0201. The van der Waals surface area contributed by atoms with Crippen LogP contribution in [-0.2, 0) is 0 Å². The van der Waals surface area contributed by atoms with E-state index in [1.54, 1.807) is 10.9 Å². The first-order valence-electron chi connectivity index (χ1n) is 6.32. The Morgan fingerprint density at radius 3 is 2.18 bits per heavy atom. The van der Waals surface area contributed by atoms with Gasteiger partial charge in [0.2, 0.25) is 0 Å². The highest BCUT2D eigenvalue weighted by Crippen LogP contribution is 2.58. The standard InChI is InChI=1S/C16H17P/c1-3-8-14(9-4-1)16-12-7-13-17(16)15-10-5-2-6-11-15/h1-6,8-11,16H,7,12-13H2/t16-,17?/m0/s1. The van der Waals surface area contributed by atoms with Crippen molar-refractivity contribution in [3.05, 3.63) is 66.2 Å². The Balaban J connectivity index is 1.91. The molecule has 2 atom stereocenters. The lowest BCUT2D eigenvalue weighted by Crippen LogP contribution is -2.04. The molecular formula is C16H17P. The Labute approximate surface area is 104 Å². The molecule has 1 aliphatic heterocycles. The van der Waals surface area contributed by atoms with E-state index in [1.165, 1.54) is 19.0 Å². The van der Waals surface area contributed by atoms with Crippen molar-refractivity contribution < 1.29 is 0 Å². The second-order valence-corrected chi connectivity index (χ2v) is 7.12. The van der Waals surface area contributed by atoms with Crippen molar-refractivity contribution in [2.75, 3.05) is 6.16 Å². The quantitative estimate of drug-likeness (QED) is 0.685. The Kier molecular flexibility index (Phi) is 3.25. The first-order valence-corrected chi connectivity index (χ1v) is 7.91. The van der Waals surface area contributed by atoms with Crippen molar-refractivity contribution in [3.8, 4) is 0 Å². The van der Waals surface area contributed by atoms with Gasteiger partial charge < -0.3 is 0 Å². The van der Waals surface area contributed by atoms with Gasteiger partial charge in [-0.15, -0.1) is 0 Å². The molecule has 1 unspecified atom stereocenters. The summed E-state index contributed by atoms with van der Waals surface area (Å²) < 4.78 is 0. The molecule has 0 nitrogen and oxygen atoms in total. The van der Waals surface area contributed by atoms with Crippen LogP contribution in [0.2, 0.25) is 0 Å². The minimum atomic E-state index is 0.0201. The van der Waals surface area contributed by atoms with Crippen LogP contribution in [-0.4, -0.2) is 6.16 Å². The van der Waals surface area contributed by atoms with E-state index < -0.39 is 0 Å². The summed E-state index contributed by atoms with van der Waals surface area (Å²) >= 11 is 0. The van der Waals surface area contributed by atoms with Crippen molar-refractivity contribution in [1.29, 1.82) is 0 Å². The van der Waals surface area contributed by atoms with Crippen LogP contribution < -0.4 is 5.30 Å². The summed E-state index contributed by atoms with van der Waals surface area (Å²) in [5.74, 6) is 0. The Bertz CT molecular complexity index is 418. The lowest BCUT2D eigenvalue weighted by molar-refractivity contribution is 0.827. The maximum Gasteiger partial charge on any atom is 0.00820 e. The number of rotatable bonds is 2. The predicted octanol–water partition coefficient (Wildman–Crippen LogP) is 4.33. The Morgan fingerprint density at radius 2 is 1.47 bits per heavy atom. The molecule has 1 saturated heterocycles. The van der Waals surface area contributed by atoms with Gasteiger partial charge in [0.1, 0.15) is 0 Å². The Hall–Kier alpha value is -1.13. The van der Waals surface area contributed by atoms with Crippen molar-refractivity contribution >= 4 is 13.2 Å². The van der Waals surface area contributed by atoms with Crippen LogP contribution in [0, 0.1) is 0 Å². The lowest BCUT2D eigenvalue weighted by atomic mass is 10.1. The molecule has 0 saturated carbocycles. The van der Waals surface area contributed by atoms with E-state index in [0.29, 0.717) is 0 Å². The van der Waals surface area contributed by atoms with Gasteiger partial charge in [0.05, 0.1) is 0 Å². The molecule has 2 aromatic rings. The van der Waals surface area contributed by atoms with Gasteiger partial charge in [-0.1, -0.05) is 68.6 Å². The molecule has 0 N–H and O–H groups in total. The van der Waals surface area contributed by atoms with Crippen LogP contribution in [0.15, 0.2) is 60.7 Å². The predicted molar refractivity (Wildman–Crippen MR) is 76.3 cm³/mol. The summed E-state index contributed by atoms with van der Waals surface area (Å²) in [6.07, 6.45) is 4.16. The second kappa shape index (κ2) is 5.02. The average Bonchev–Trinajstić information content (AvgIpc) is 2.90. The van der Waals surface area contributed by atoms with Crippen LogP contribution in [0.3, 0.4) is 0 Å². The van der Waals surface area contributed by atoms with E-state index in [-0.39, 0.29) is 7.92 Å². The normalized spacial score (nSPS) is 23.8. The van der Waals surface area contributed by atoms with Crippen LogP contribution in [0.25, 0.3) is 0 Å². The van der Waals surface area contributed by atoms with Gasteiger partial charge in [0.25, 0.3) is 0 Å². The van der Waals surface area contributed by atoms with E-state index in [0.717, 1.165) is 5.66 Å². The van der Waals surface area contributed by atoms with Crippen molar-refractivity contribution in [1.82, 2.24) is 0 Å². The fourth-order valence-electron chi connectivity index (χ4n) is 2.72. The highest BCUT2D eigenvalue weighted by molar-refractivity contribution is 7.66. The summed E-state index contributed by atoms with van der Waals surface area (Å²) in [6, 6.07) is 22.2. The molecule has 3 rings (SSSR count).